The zero-order chi connectivity index (χ0) is 16.4. The molecule has 0 saturated carbocycles. The third-order valence-corrected chi connectivity index (χ3v) is 3.82. The van der Waals surface area contributed by atoms with Gasteiger partial charge in [-0.3, -0.25) is 9.89 Å². The normalized spacial score (nSPS) is 13.3. The van der Waals surface area contributed by atoms with Crippen molar-refractivity contribution in [1.29, 1.82) is 0 Å². The van der Waals surface area contributed by atoms with E-state index in [-0.39, 0.29) is 5.82 Å². The van der Waals surface area contributed by atoms with E-state index in [0.717, 1.165) is 44.1 Å². The number of rotatable bonds is 8. The lowest BCUT2D eigenvalue weighted by molar-refractivity contribution is 0.231. The molecule has 2 N–H and O–H groups in total. The van der Waals surface area contributed by atoms with E-state index in [0.29, 0.717) is 6.04 Å². The number of halogens is 1. The largest absolute Gasteiger partial charge is 0.356 e. The molecule has 0 aliphatic heterocycles. The molecular weight excluding hydrogens is 279 g/mol. The molecule has 0 radical (unpaired) electrons. The Bertz CT molecular complexity index is 458. The first kappa shape index (κ1) is 18.4. The maximum Gasteiger partial charge on any atom is 0.191 e. The van der Waals surface area contributed by atoms with Crippen LogP contribution in [-0.4, -0.2) is 50.1 Å². The Hall–Kier alpha value is -1.62. The summed E-state index contributed by atoms with van der Waals surface area (Å²) in [7, 11) is 1.76. The lowest BCUT2D eigenvalue weighted by Crippen LogP contribution is -2.46. The van der Waals surface area contributed by atoms with Gasteiger partial charge in [-0.15, -0.1) is 0 Å². The molecule has 0 aliphatic rings. The van der Waals surface area contributed by atoms with Gasteiger partial charge in [-0.2, -0.15) is 0 Å². The number of guanidine groups is 1. The minimum Gasteiger partial charge on any atom is -0.356 e. The van der Waals surface area contributed by atoms with Crippen molar-refractivity contribution >= 4 is 5.96 Å². The van der Waals surface area contributed by atoms with Gasteiger partial charge in [0, 0.05) is 26.2 Å². The smallest absolute Gasteiger partial charge is 0.191 e. The van der Waals surface area contributed by atoms with Crippen LogP contribution in [0.4, 0.5) is 4.39 Å². The first-order valence-corrected chi connectivity index (χ1v) is 8.03. The van der Waals surface area contributed by atoms with E-state index in [9.17, 15) is 4.39 Å². The van der Waals surface area contributed by atoms with Crippen molar-refractivity contribution in [2.75, 3.05) is 33.2 Å². The first-order valence-electron chi connectivity index (χ1n) is 8.03. The summed E-state index contributed by atoms with van der Waals surface area (Å²) in [5.74, 6) is 0.600. The highest BCUT2D eigenvalue weighted by molar-refractivity contribution is 5.79. The summed E-state index contributed by atoms with van der Waals surface area (Å²) >= 11 is 0. The van der Waals surface area contributed by atoms with Crippen LogP contribution >= 0.6 is 0 Å². The van der Waals surface area contributed by atoms with Crippen LogP contribution in [0.2, 0.25) is 0 Å². The van der Waals surface area contributed by atoms with Crippen molar-refractivity contribution in [1.82, 2.24) is 15.5 Å². The van der Waals surface area contributed by atoms with Crippen molar-refractivity contribution in [3.8, 4) is 0 Å². The zero-order valence-electron chi connectivity index (χ0n) is 14.2. The Morgan fingerprint density at radius 2 is 2.00 bits per heavy atom. The monoisotopic (exact) mass is 308 g/mol. The molecule has 0 aliphatic carbocycles. The molecule has 1 rings (SSSR count). The summed E-state index contributed by atoms with van der Waals surface area (Å²) < 4.78 is 13.1. The Balaban J connectivity index is 2.34. The minimum absolute atomic E-state index is 0.187. The highest BCUT2D eigenvalue weighted by Crippen LogP contribution is 2.03. The molecule has 0 fully saturated rings. The fourth-order valence-electron chi connectivity index (χ4n) is 2.46. The van der Waals surface area contributed by atoms with E-state index in [4.69, 9.17) is 0 Å². The summed E-state index contributed by atoms with van der Waals surface area (Å²) in [6.45, 7) is 10.2. The maximum absolute atomic E-state index is 13.1. The molecular formula is C17H29FN4. The molecule has 4 nitrogen and oxygen atoms in total. The van der Waals surface area contributed by atoms with Gasteiger partial charge in [0.2, 0.25) is 0 Å². The topological polar surface area (TPSA) is 39.7 Å². The highest BCUT2D eigenvalue weighted by atomic mass is 19.1. The second-order valence-electron chi connectivity index (χ2n) is 5.33. The lowest BCUT2D eigenvalue weighted by Gasteiger charge is -2.27. The summed E-state index contributed by atoms with van der Waals surface area (Å²) in [5, 5.41) is 6.60. The van der Waals surface area contributed by atoms with Gasteiger partial charge in [0.25, 0.3) is 0 Å². The van der Waals surface area contributed by atoms with Crippen molar-refractivity contribution in [3.05, 3.63) is 35.6 Å². The first-order chi connectivity index (χ1) is 10.6. The van der Waals surface area contributed by atoms with Gasteiger partial charge in [0.1, 0.15) is 5.82 Å². The standard InChI is InChI=1S/C17H29FN4/c1-5-22(6-2)14(3)13-21-17(19-4)20-11-10-15-8-7-9-16(18)12-15/h7-9,12,14H,5-6,10-11,13H2,1-4H3,(H2,19,20,21). The molecule has 0 saturated heterocycles. The van der Waals surface area contributed by atoms with Crippen LogP contribution in [-0.2, 0) is 6.42 Å². The van der Waals surface area contributed by atoms with Gasteiger partial charge in [0.15, 0.2) is 5.96 Å². The Morgan fingerprint density at radius 1 is 1.27 bits per heavy atom. The van der Waals surface area contributed by atoms with Crippen LogP contribution < -0.4 is 10.6 Å². The van der Waals surface area contributed by atoms with Gasteiger partial charge in [-0.25, -0.2) is 4.39 Å². The van der Waals surface area contributed by atoms with Crippen molar-refractivity contribution in [2.45, 2.75) is 33.2 Å². The Morgan fingerprint density at radius 3 is 2.59 bits per heavy atom. The van der Waals surface area contributed by atoms with Crippen LogP contribution in [0.25, 0.3) is 0 Å². The van der Waals surface area contributed by atoms with E-state index >= 15 is 0 Å². The highest BCUT2D eigenvalue weighted by Gasteiger charge is 2.10. The van der Waals surface area contributed by atoms with E-state index in [1.165, 1.54) is 6.07 Å². The lowest BCUT2D eigenvalue weighted by atomic mass is 10.1. The maximum atomic E-state index is 13.1. The van der Waals surface area contributed by atoms with Crippen LogP contribution in [0.15, 0.2) is 29.3 Å². The average Bonchev–Trinajstić information content (AvgIpc) is 2.52. The van der Waals surface area contributed by atoms with Crippen molar-refractivity contribution < 1.29 is 4.39 Å². The molecule has 5 heteroatoms. The predicted octanol–water partition coefficient (Wildman–Crippen LogP) is 2.26. The number of nitrogens with one attached hydrogen (secondary N) is 2. The zero-order valence-corrected chi connectivity index (χ0v) is 14.2. The molecule has 124 valence electrons. The molecule has 0 heterocycles. The van der Waals surface area contributed by atoms with E-state index in [2.05, 4.69) is 41.3 Å². The molecule has 0 aromatic heterocycles. The van der Waals surface area contributed by atoms with Crippen molar-refractivity contribution in [2.24, 2.45) is 4.99 Å². The number of hydrogen-bond acceptors (Lipinski definition) is 2. The molecule has 1 atom stereocenters. The summed E-state index contributed by atoms with van der Waals surface area (Å²) in [4.78, 5) is 6.62. The fraction of sp³-hybridized carbons (Fsp3) is 0.588. The SMILES string of the molecule is CCN(CC)C(C)CNC(=NC)NCCc1cccc(F)c1. The molecule has 0 spiro atoms. The summed E-state index contributed by atoms with van der Waals surface area (Å²) in [5.41, 5.74) is 0.986. The van der Waals surface area contributed by atoms with Gasteiger partial charge in [-0.05, 0) is 44.1 Å². The van der Waals surface area contributed by atoms with Crippen LogP contribution in [0.5, 0.6) is 0 Å². The number of hydrogen-bond donors (Lipinski definition) is 2. The quantitative estimate of drug-likeness (QED) is 0.572. The number of nitrogens with zero attached hydrogens (tertiary/aromatic N) is 2. The molecule has 1 unspecified atom stereocenters. The molecule has 0 bridgehead atoms. The summed E-state index contributed by atoms with van der Waals surface area (Å²) in [6.07, 6.45) is 0.768. The van der Waals surface area contributed by atoms with Gasteiger partial charge < -0.3 is 10.6 Å². The average molecular weight is 308 g/mol. The van der Waals surface area contributed by atoms with Gasteiger partial charge in [-0.1, -0.05) is 26.0 Å². The third-order valence-electron chi connectivity index (χ3n) is 3.82. The molecule has 1 aromatic carbocycles. The predicted molar refractivity (Wildman–Crippen MR) is 91.9 cm³/mol. The van der Waals surface area contributed by atoms with E-state index < -0.39 is 0 Å². The molecule has 1 aromatic rings. The van der Waals surface area contributed by atoms with Crippen LogP contribution in [0.1, 0.15) is 26.3 Å². The number of aliphatic imine (C=N–C) groups is 1. The van der Waals surface area contributed by atoms with Crippen LogP contribution in [0, 0.1) is 5.82 Å². The number of likely N-dealkylation sites (N-methyl/N-ethyl adjacent to an activating group) is 1. The minimum atomic E-state index is -0.187. The second kappa shape index (κ2) is 10.2. The van der Waals surface area contributed by atoms with E-state index in [1.807, 2.05) is 6.07 Å². The summed E-state index contributed by atoms with van der Waals surface area (Å²) in [6, 6.07) is 7.16. The second-order valence-corrected chi connectivity index (χ2v) is 5.33. The fourth-order valence-corrected chi connectivity index (χ4v) is 2.46. The Kier molecular flexibility index (Phi) is 8.51. The molecule has 22 heavy (non-hydrogen) atoms. The van der Waals surface area contributed by atoms with Gasteiger partial charge in [0.05, 0.1) is 0 Å². The van der Waals surface area contributed by atoms with Gasteiger partial charge >= 0.3 is 0 Å². The number of benzene rings is 1. The van der Waals surface area contributed by atoms with Crippen molar-refractivity contribution in [3.63, 3.8) is 0 Å². The van der Waals surface area contributed by atoms with E-state index in [1.54, 1.807) is 19.2 Å². The third kappa shape index (κ3) is 6.43. The van der Waals surface area contributed by atoms with Crippen LogP contribution in [0.3, 0.4) is 0 Å². The molecule has 0 amide bonds. The Labute approximate surface area is 133 Å².